The van der Waals surface area contributed by atoms with Crippen molar-refractivity contribution in [1.82, 2.24) is 10.2 Å². The maximum atomic E-state index is 12.6. The van der Waals surface area contributed by atoms with Gasteiger partial charge in [0.05, 0.1) is 0 Å². The van der Waals surface area contributed by atoms with Crippen LogP contribution in [-0.4, -0.2) is 35.4 Å². The van der Waals surface area contributed by atoms with E-state index in [1.54, 1.807) is 12.1 Å². The molecule has 1 aliphatic heterocycles. The lowest BCUT2D eigenvalue weighted by molar-refractivity contribution is 0.0872. The summed E-state index contributed by atoms with van der Waals surface area (Å²) in [5.41, 5.74) is 2.05. The summed E-state index contributed by atoms with van der Waals surface area (Å²) in [5, 5.41) is 4.79. The highest BCUT2D eigenvalue weighted by Crippen LogP contribution is 2.22. The van der Waals surface area contributed by atoms with E-state index < -0.39 is 0 Å². The third-order valence-corrected chi connectivity index (χ3v) is 5.47. The van der Waals surface area contributed by atoms with Crippen LogP contribution in [-0.2, 0) is 6.42 Å². The second kappa shape index (κ2) is 9.15. The average Bonchev–Trinajstić information content (AvgIpc) is 2.69. The van der Waals surface area contributed by atoms with Crippen LogP contribution in [0.1, 0.15) is 28.8 Å². The Labute approximate surface area is 165 Å². The minimum Gasteiger partial charge on any atom is -0.362 e. The van der Waals surface area contributed by atoms with E-state index in [-0.39, 0.29) is 11.7 Å². The predicted octanol–water partition coefficient (Wildman–Crippen LogP) is 4.35. The number of nitrogens with one attached hydrogen (secondary N) is 1. The largest absolute Gasteiger partial charge is 0.362 e. The summed E-state index contributed by atoms with van der Waals surface area (Å²) in [7, 11) is 0. The van der Waals surface area contributed by atoms with Gasteiger partial charge in [-0.05, 0) is 61.3 Å². The zero-order chi connectivity index (χ0) is 18.4. The maximum Gasteiger partial charge on any atom is 0.168 e. The molecule has 0 spiro atoms. The number of carbonyl (C=O) groups excluding carboxylic acids is 1. The molecular weight excluding hydrogens is 364 g/mol. The fourth-order valence-electron chi connectivity index (χ4n) is 3.26. The van der Waals surface area contributed by atoms with Crippen molar-refractivity contribution in [3.63, 3.8) is 0 Å². The zero-order valence-electron chi connectivity index (χ0n) is 14.7. The SMILES string of the molecule is O=C(c1ccc(Cl)cc1)C1CCN(C(=S)NCCc2ccccc2)CC1. The number of Topliss-reactive ketones (excluding diaryl/α,β-unsaturated/α-hetero) is 1. The Bertz CT molecular complexity index is 740. The van der Waals surface area contributed by atoms with Gasteiger partial charge < -0.3 is 10.2 Å². The van der Waals surface area contributed by atoms with Crippen molar-refractivity contribution >= 4 is 34.7 Å². The van der Waals surface area contributed by atoms with Gasteiger partial charge in [0, 0.05) is 36.1 Å². The Kier molecular flexibility index (Phi) is 6.64. The third-order valence-electron chi connectivity index (χ3n) is 4.81. The van der Waals surface area contributed by atoms with Crippen molar-refractivity contribution in [3.8, 4) is 0 Å². The standard InChI is InChI=1S/C21H23ClN2OS/c22-19-8-6-17(7-9-19)20(25)18-11-14-24(15-12-18)21(26)23-13-10-16-4-2-1-3-5-16/h1-9,18H,10-15H2,(H,23,26). The van der Waals surface area contributed by atoms with E-state index in [4.69, 9.17) is 23.8 Å². The highest BCUT2D eigenvalue weighted by molar-refractivity contribution is 7.80. The molecule has 0 radical (unpaired) electrons. The van der Waals surface area contributed by atoms with Crippen molar-refractivity contribution in [1.29, 1.82) is 0 Å². The van der Waals surface area contributed by atoms with Gasteiger partial charge in [-0.1, -0.05) is 41.9 Å². The molecule has 3 rings (SSSR count). The van der Waals surface area contributed by atoms with Gasteiger partial charge >= 0.3 is 0 Å². The first kappa shape index (κ1) is 18.9. The number of ketones is 1. The summed E-state index contributed by atoms with van der Waals surface area (Å²) in [6.45, 7) is 2.47. The van der Waals surface area contributed by atoms with Gasteiger partial charge in [0.1, 0.15) is 0 Å². The van der Waals surface area contributed by atoms with Crippen LogP contribution in [0.2, 0.25) is 5.02 Å². The smallest absolute Gasteiger partial charge is 0.168 e. The Morgan fingerprint density at radius 3 is 2.38 bits per heavy atom. The minimum atomic E-state index is 0.0690. The van der Waals surface area contributed by atoms with Crippen LogP contribution in [0.3, 0.4) is 0 Å². The maximum absolute atomic E-state index is 12.6. The monoisotopic (exact) mass is 386 g/mol. The summed E-state index contributed by atoms with van der Waals surface area (Å²) in [6.07, 6.45) is 2.62. The van der Waals surface area contributed by atoms with E-state index in [2.05, 4.69) is 34.5 Å². The first-order chi connectivity index (χ1) is 12.6. The molecule has 5 heteroatoms. The van der Waals surface area contributed by atoms with Gasteiger partial charge in [0.2, 0.25) is 0 Å². The quantitative estimate of drug-likeness (QED) is 0.611. The molecule has 0 unspecified atom stereocenters. The van der Waals surface area contributed by atoms with E-state index >= 15 is 0 Å². The second-order valence-corrected chi connectivity index (χ2v) is 7.42. The summed E-state index contributed by atoms with van der Waals surface area (Å²) in [5.74, 6) is 0.281. The van der Waals surface area contributed by atoms with Crippen LogP contribution >= 0.6 is 23.8 Å². The minimum absolute atomic E-state index is 0.0690. The van der Waals surface area contributed by atoms with Crippen molar-refractivity contribution in [2.24, 2.45) is 5.92 Å². The number of carbonyl (C=O) groups is 1. The topological polar surface area (TPSA) is 32.3 Å². The number of hydrogen-bond donors (Lipinski definition) is 1. The van der Waals surface area contributed by atoms with Gasteiger partial charge in [0.15, 0.2) is 10.9 Å². The van der Waals surface area contributed by atoms with Crippen LogP contribution in [0.4, 0.5) is 0 Å². The van der Waals surface area contributed by atoms with Crippen LogP contribution in [0, 0.1) is 5.92 Å². The molecule has 0 saturated carbocycles. The van der Waals surface area contributed by atoms with E-state index in [9.17, 15) is 4.79 Å². The molecule has 2 aromatic carbocycles. The number of piperidine rings is 1. The molecule has 0 amide bonds. The normalized spacial score (nSPS) is 14.9. The highest BCUT2D eigenvalue weighted by Gasteiger charge is 2.26. The first-order valence-electron chi connectivity index (χ1n) is 9.00. The summed E-state index contributed by atoms with van der Waals surface area (Å²) in [4.78, 5) is 14.8. The number of halogens is 1. The molecule has 1 heterocycles. The summed E-state index contributed by atoms with van der Waals surface area (Å²) in [6, 6.07) is 17.5. The molecule has 0 bridgehead atoms. The molecule has 0 aliphatic carbocycles. The Morgan fingerprint density at radius 1 is 1.08 bits per heavy atom. The molecule has 1 saturated heterocycles. The third kappa shape index (κ3) is 5.05. The van der Waals surface area contributed by atoms with Gasteiger partial charge in [-0.3, -0.25) is 4.79 Å². The predicted molar refractivity (Wildman–Crippen MR) is 111 cm³/mol. The molecule has 26 heavy (non-hydrogen) atoms. The molecule has 2 aromatic rings. The molecule has 0 aromatic heterocycles. The Morgan fingerprint density at radius 2 is 1.73 bits per heavy atom. The molecule has 0 atom stereocenters. The van der Waals surface area contributed by atoms with Crippen molar-refractivity contribution < 1.29 is 4.79 Å². The Balaban J connectivity index is 1.43. The lowest BCUT2D eigenvalue weighted by atomic mass is 9.89. The lowest BCUT2D eigenvalue weighted by Gasteiger charge is -2.33. The molecule has 1 N–H and O–H groups in total. The van der Waals surface area contributed by atoms with Gasteiger partial charge in [0.25, 0.3) is 0 Å². The second-order valence-electron chi connectivity index (χ2n) is 6.60. The van der Waals surface area contributed by atoms with Crippen molar-refractivity contribution in [2.75, 3.05) is 19.6 Å². The van der Waals surface area contributed by atoms with Gasteiger partial charge in [-0.2, -0.15) is 0 Å². The number of nitrogens with zero attached hydrogens (tertiary/aromatic N) is 1. The number of rotatable bonds is 5. The fraction of sp³-hybridized carbons (Fsp3) is 0.333. The van der Waals surface area contributed by atoms with Crippen molar-refractivity contribution in [3.05, 3.63) is 70.7 Å². The highest BCUT2D eigenvalue weighted by atomic mass is 35.5. The van der Waals surface area contributed by atoms with Crippen molar-refractivity contribution in [2.45, 2.75) is 19.3 Å². The Hall–Kier alpha value is -1.91. The van der Waals surface area contributed by atoms with E-state index in [1.807, 2.05) is 18.2 Å². The van der Waals surface area contributed by atoms with Gasteiger partial charge in [-0.15, -0.1) is 0 Å². The van der Waals surface area contributed by atoms with Crippen LogP contribution in [0.25, 0.3) is 0 Å². The number of hydrogen-bond acceptors (Lipinski definition) is 2. The molecule has 1 fully saturated rings. The summed E-state index contributed by atoms with van der Waals surface area (Å²) < 4.78 is 0. The molecule has 136 valence electrons. The summed E-state index contributed by atoms with van der Waals surface area (Å²) >= 11 is 11.4. The van der Waals surface area contributed by atoms with E-state index in [0.29, 0.717) is 5.02 Å². The first-order valence-corrected chi connectivity index (χ1v) is 9.78. The van der Waals surface area contributed by atoms with Crippen LogP contribution in [0.15, 0.2) is 54.6 Å². The van der Waals surface area contributed by atoms with E-state index in [0.717, 1.165) is 49.6 Å². The number of benzene rings is 2. The van der Waals surface area contributed by atoms with E-state index in [1.165, 1.54) is 5.56 Å². The zero-order valence-corrected chi connectivity index (χ0v) is 16.2. The molecule has 1 aliphatic rings. The lowest BCUT2D eigenvalue weighted by Crippen LogP contribution is -2.45. The fourth-order valence-corrected chi connectivity index (χ4v) is 3.68. The molecule has 3 nitrogen and oxygen atoms in total. The average molecular weight is 387 g/mol. The van der Waals surface area contributed by atoms with Gasteiger partial charge in [-0.25, -0.2) is 0 Å². The molecular formula is C21H23ClN2OS. The van der Waals surface area contributed by atoms with Crippen LogP contribution < -0.4 is 5.32 Å². The van der Waals surface area contributed by atoms with Crippen LogP contribution in [0.5, 0.6) is 0 Å². The number of likely N-dealkylation sites (tertiary alicyclic amines) is 1. The number of thiocarbonyl (C=S) groups is 1.